The summed E-state index contributed by atoms with van der Waals surface area (Å²) in [7, 11) is 0. The first-order chi connectivity index (χ1) is 10.1. The summed E-state index contributed by atoms with van der Waals surface area (Å²) in [6.07, 6.45) is 1.51. The van der Waals surface area contributed by atoms with E-state index in [-0.39, 0.29) is 11.6 Å². The van der Waals surface area contributed by atoms with Gasteiger partial charge in [-0.25, -0.2) is 0 Å². The van der Waals surface area contributed by atoms with Crippen molar-refractivity contribution in [1.82, 2.24) is 10.1 Å². The maximum Gasteiger partial charge on any atom is 0.276 e. The van der Waals surface area contributed by atoms with E-state index in [9.17, 15) is 9.90 Å². The van der Waals surface area contributed by atoms with E-state index in [0.717, 1.165) is 12.0 Å². The molecule has 1 aliphatic heterocycles. The third-order valence-electron chi connectivity index (χ3n) is 3.75. The molecule has 3 rings (SSSR count). The van der Waals surface area contributed by atoms with Gasteiger partial charge in [0.05, 0.1) is 5.60 Å². The Bertz CT molecular complexity index is 634. The number of aliphatic hydroxyl groups is 1. The molecule has 21 heavy (non-hydrogen) atoms. The van der Waals surface area contributed by atoms with E-state index >= 15 is 0 Å². The summed E-state index contributed by atoms with van der Waals surface area (Å²) in [6, 6.07) is 11.2. The number of hydrogen-bond acceptors (Lipinski definition) is 4. The monoisotopic (exact) mass is 286 g/mol. The van der Waals surface area contributed by atoms with E-state index in [1.54, 1.807) is 17.9 Å². The fourth-order valence-corrected chi connectivity index (χ4v) is 2.67. The molecule has 2 heterocycles. The molecule has 1 fully saturated rings. The molecule has 1 aromatic carbocycles. The maximum absolute atomic E-state index is 12.4. The van der Waals surface area contributed by atoms with Crippen molar-refractivity contribution in [3.63, 3.8) is 0 Å². The highest BCUT2D eigenvalue weighted by atomic mass is 16.5. The summed E-state index contributed by atoms with van der Waals surface area (Å²) in [5, 5.41) is 14.0. The third kappa shape index (κ3) is 2.97. The van der Waals surface area contributed by atoms with Crippen molar-refractivity contribution >= 4 is 5.91 Å². The van der Waals surface area contributed by atoms with Crippen LogP contribution in [-0.4, -0.2) is 39.8 Å². The van der Waals surface area contributed by atoms with Crippen LogP contribution in [0.2, 0.25) is 0 Å². The summed E-state index contributed by atoms with van der Waals surface area (Å²) < 4.78 is 5.25. The number of rotatable bonds is 2. The molecule has 1 atom stereocenters. The molecule has 1 N–H and O–H groups in total. The molecule has 1 amide bonds. The molecule has 5 heteroatoms. The lowest BCUT2D eigenvalue weighted by Gasteiger charge is -2.36. The molecule has 5 nitrogen and oxygen atoms in total. The van der Waals surface area contributed by atoms with Crippen LogP contribution in [0.1, 0.15) is 30.3 Å². The summed E-state index contributed by atoms with van der Waals surface area (Å²) in [5.74, 6) is 0.378. The highest BCUT2D eigenvalue weighted by Crippen LogP contribution is 2.24. The number of carbonyl (C=O) groups is 1. The molecule has 0 bridgehead atoms. The predicted octanol–water partition coefficient (Wildman–Crippen LogP) is 2.33. The van der Waals surface area contributed by atoms with E-state index in [0.29, 0.717) is 25.3 Å². The summed E-state index contributed by atoms with van der Waals surface area (Å²) in [6.45, 7) is 2.73. The van der Waals surface area contributed by atoms with Gasteiger partial charge in [0.2, 0.25) is 0 Å². The highest BCUT2D eigenvalue weighted by molar-refractivity contribution is 5.93. The SMILES string of the molecule is CC1(O)CCCN(C(=O)c2cc(-c3ccccc3)on2)C1. The van der Waals surface area contributed by atoms with Crippen LogP contribution in [0.5, 0.6) is 0 Å². The molecule has 1 saturated heterocycles. The van der Waals surface area contributed by atoms with Gasteiger partial charge in [-0.05, 0) is 19.8 Å². The third-order valence-corrected chi connectivity index (χ3v) is 3.75. The van der Waals surface area contributed by atoms with E-state index in [2.05, 4.69) is 5.16 Å². The normalized spacial score (nSPS) is 22.3. The number of benzene rings is 1. The summed E-state index contributed by atoms with van der Waals surface area (Å²) in [5.41, 5.74) is 0.348. The van der Waals surface area contributed by atoms with Crippen LogP contribution < -0.4 is 0 Å². The molecule has 110 valence electrons. The van der Waals surface area contributed by atoms with E-state index in [1.165, 1.54) is 0 Å². The van der Waals surface area contributed by atoms with Gasteiger partial charge in [-0.3, -0.25) is 4.79 Å². The lowest BCUT2D eigenvalue weighted by molar-refractivity contribution is -0.0110. The molecule has 1 aromatic heterocycles. The van der Waals surface area contributed by atoms with Gasteiger partial charge in [0.1, 0.15) is 0 Å². The largest absolute Gasteiger partial charge is 0.388 e. The second-order valence-corrected chi connectivity index (χ2v) is 5.77. The fraction of sp³-hybridized carbons (Fsp3) is 0.375. The van der Waals surface area contributed by atoms with Crippen LogP contribution >= 0.6 is 0 Å². The molecule has 0 radical (unpaired) electrons. The van der Waals surface area contributed by atoms with Gasteiger partial charge in [0.25, 0.3) is 5.91 Å². The van der Waals surface area contributed by atoms with Gasteiger partial charge in [-0.1, -0.05) is 35.5 Å². The maximum atomic E-state index is 12.4. The number of nitrogens with zero attached hydrogens (tertiary/aromatic N) is 2. The molecular formula is C16H18N2O3. The molecule has 2 aromatic rings. The molecule has 1 unspecified atom stereocenters. The van der Waals surface area contributed by atoms with Crippen molar-refractivity contribution in [2.45, 2.75) is 25.4 Å². The number of hydrogen-bond donors (Lipinski definition) is 1. The molecule has 0 spiro atoms. The van der Waals surface area contributed by atoms with Gasteiger partial charge >= 0.3 is 0 Å². The first kappa shape index (κ1) is 13.8. The zero-order chi connectivity index (χ0) is 14.9. The summed E-state index contributed by atoms with van der Waals surface area (Å²) >= 11 is 0. The summed E-state index contributed by atoms with van der Waals surface area (Å²) in [4.78, 5) is 14.1. The molecule has 0 aliphatic carbocycles. The molecular weight excluding hydrogens is 268 g/mol. The van der Waals surface area contributed by atoms with Gasteiger partial charge in [-0.2, -0.15) is 0 Å². The Balaban J connectivity index is 1.78. The Morgan fingerprint density at radius 3 is 2.86 bits per heavy atom. The molecule has 1 aliphatic rings. The van der Waals surface area contributed by atoms with E-state index < -0.39 is 5.60 Å². The second-order valence-electron chi connectivity index (χ2n) is 5.77. The standard InChI is InChI=1S/C16H18N2O3/c1-16(20)8-5-9-18(11-16)15(19)13-10-14(21-17-13)12-6-3-2-4-7-12/h2-4,6-7,10,20H,5,8-9,11H2,1H3. The smallest absolute Gasteiger partial charge is 0.276 e. The molecule has 0 saturated carbocycles. The van der Waals surface area contributed by atoms with Gasteiger partial charge in [-0.15, -0.1) is 0 Å². The minimum Gasteiger partial charge on any atom is -0.388 e. The van der Waals surface area contributed by atoms with E-state index in [1.807, 2.05) is 30.3 Å². The van der Waals surface area contributed by atoms with Crippen molar-refractivity contribution in [2.75, 3.05) is 13.1 Å². The number of aromatic nitrogens is 1. The first-order valence-corrected chi connectivity index (χ1v) is 7.09. The lowest BCUT2D eigenvalue weighted by atomic mass is 9.95. The number of amides is 1. The first-order valence-electron chi connectivity index (χ1n) is 7.09. The zero-order valence-corrected chi connectivity index (χ0v) is 12.0. The topological polar surface area (TPSA) is 66.6 Å². The average Bonchev–Trinajstić information content (AvgIpc) is 2.96. The highest BCUT2D eigenvalue weighted by Gasteiger charge is 2.32. The van der Waals surface area contributed by atoms with Crippen LogP contribution in [0.15, 0.2) is 40.9 Å². The van der Waals surface area contributed by atoms with Crippen molar-refractivity contribution in [3.8, 4) is 11.3 Å². The Hall–Kier alpha value is -2.14. The Kier molecular flexibility index (Phi) is 3.51. The fourth-order valence-electron chi connectivity index (χ4n) is 2.67. The van der Waals surface area contributed by atoms with Crippen LogP contribution in [0.4, 0.5) is 0 Å². The van der Waals surface area contributed by atoms with Crippen molar-refractivity contribution < 1.29 is 14.4 Å². The number of carbonyl (C=O) groups excluding carboxylic acids is 1. The van der Waals surface area contributed by atoms with Crippen LogP contribution in [0, 0.1) is 0 Å². The Morgan fingerprint density at radius 2 is 2.14 bits per heavy atom. The zero-order valence-electron chi connectivity index (χ0n) is 12.0. The second kappa shape index (κ2) is 5.33. The average molecular weight is 286 g/mol. The van der Waals surface area contributed by atoms with Crippen LogP contribution in [0.25, 0.3) is 11.3 Å². The Morgan fingerprint density at radius 1 is 1.38 bits per heavy atom. The van der Waals surface area contributed by atoms with Gasteiger partial charge in [0.15, 0.2) is 11.5 Å². The quantitative estimate of drug-likeness (QED) is 0.920. The van der Waals surface area contributed by atoms with Crippen molar-refractivity contribution in [1.29, 1.82) is 0 Å². The van der Waals surface area contributed by atoms with E-state index in [4.69, 9.17) is 4.52 Å². The number of likely N-dealkylation sites (tertiary alicyclic amines) is 1. The van der Waals surface area contributed by atoms with Crippen molar-refractivity contribution in [3.05, 3.63) is 42.1 Å². The van der Waals surface area contributed by atoms with Gasteiger partial charge in [0, 0.05) is 24.7 Å². The number of piperidine rings is 1. The Labute approximate surface area is 123 Å². The van der Waals surface area contributed by atoms with Crippen LogP contribution in [0.3, 0.4) is 0 Å². The predicted molar refractivity (Wildman–Crippen MR) is 77.7 cm³/mol. The minimum absolute atomic E-state index is 0.194. The van der Waals surface area contributed by atoms with Crippen molar-refractivity contribution in [2.24, 2.45) is 0 Å². The van der Waals surface area contributed by atoms with Gasteiger partial charge < -0.3 is 14.5 Å². The van der Waals surface area contributed by atoms with Crippen LogP contribution in [-0.2, 0) is 0 Å². The minimum atomic E-state index is -0.820. The lowest BCUT2D eigenvalue weighted by Crippen LogP contribution is -2.48. The number of β-amino-alcohol motifs (C(OH)–C–C–N with tert-alkyl or cyclic N) is 1.